The van der Waals surface area contributed by atoms with Crippen LogP contribution in [0.5, 0.6) is 0 Å². The third-order valence-corrected chi connectivity index (χ3v) is 2.00. The number of amides is 2. The highest BCUT2D eigenvalue weighted by Crippen LogP contribution is 2.15. The summed E-state index contributed by atoms with van der Waals surface area (Å²) in [5.41, 5.74) is 0.449. The number of terminal acetylenes is 1. The predicted molar refractivity (Wildman–Crippen MR) is 63.6 cm³/mol. The summed E-state index contributed by atoms with van der Waals surface area (Å²) in [4.78, 5) is 22.7. The van der Waals surface area contributed by atoms with Crippen LogP contribution >= 0.6 is 0 Å². The van der Waals surface area contributed by atoms with Gasteiger partial charge in [0.2, 0.25) is 0 Å². The fourth-order valence-corrected chi connectivity index (χ4v) is 1.09. The monoisotopic (exact) mass is 233 g/mol. The van der Waals surface area contributed by atoms with Crippen molar-refractivity contribution in [2.75, 3.05) is 18.9 Å². The van der Waals surface area contributed by atoms with E-state index >= 15 is 0 Å². The van der Waals surface area contributed by atoms with Crippen molar-refractivity contribution < 1.29 is 9.72 Å². The first-order valence-corrected chi connectivity index (χ1v) is 4.74. The number of nitrogens with one attached hydrogen (secondary N) is 1. The summed E-state index contributed by atoms with van der Waals surface area (Å²) in [6.45, 7) is 0.193. The minimum absolute atomic E-state index is 0.0278. The normalized spacial score (nSPS) is 9.18. The summed E-state index contributed by atoms with van der Waals surface area (Å²) in [7, 11) is 1.56. The number of nitro groups is 1. The molecule has 1 aromatic carbocycles. The van der Waals surface area contributed by atoms with Gasteiger partial charge in [-0.3, -0.25) is 10.1 Å². The molecule has 0 bridgehead atoms. The first-order chi connectivity index (χ1) is 8.04. The summed E-state index contributed by atoms with van der Waals surface area (Å²) in [5, 5.41) is 13.0. The highest BCUT2D eigenvalue weighted by molar-refractivity contribution is 5.89. The molecular weight excluding hydrogens is 222 g/mol. The summed E-state index contributed by atoms with van der Waals surface area (Å²) >= 11 is 0. The van der Waals surface area contributed by atoms with Crippen molar-refractivity contribution in [1.82, 2.24) is 4.90 Å². The lowest BCUT2D eigenvalue weighted by molar-refractivity contribution is -0.384. The maximum absolute atomic E-state index is 11.5. The van der Waals surface area contributed by atoms with Gasteiger partial charge in [0.1, 0.15) is 0 Å². The van der Waals surface area contributed by atoms with Gasteiger partial charge in [-0.05, 0) is 12.1 Å². The van der Waals surface area contributed by atoms with Crippen molar-refractivity contribution in [3.05, 3.63) is 34.4 Å². The standard InChI is InChI=1S/C11H11N3O3/c1-3-8-13(2)11(15)12-9-4-6-10(7-5-9)14(16)17/h1,4-7H,8H2,2H3,(H,12,15). The maximum atomic E-state index is 11.5. The molecule has 6 nitrogen and oxygen atoms in total. The Hall–Kier alpha value is -2.55. The number of hydrogen-bond donors (Lipinski definition) is 1. The van der Waals surface area contributed by atoms with Gasteiger partial charge in [-0.15, -0.1) is 6.42 Å². The molecule has 0 fully saturated rings. The third-order valence-electron chi connectivity index (χ3n) is 2.00. The van der Waals surface area contributed by atoms with Gasteiger partial charge in [-0.2, -0.15) is 0 Å². The molecule has 0 atom stereocenters. The van der Waals surface area contributed by atoms with Crippen molar-refractivity contribution in [3.8, 4) is 12.3 Å². The van der Waals surface area contributed by atoms with E-state index in [-0.39, 0.29) is 18.3 Å². The number of nitrogens with zero attached hydrogens (tertiary/aromatic N) is 2. The Morgan fingerprint density at radius 3 is 2.59 bits per heavy atom. The van der Waals surface area contributed by atoms with Gasteiger partial charge in [0, 0.05) is 24.9 Å². The Balaban J connectivity index is 2.67. The summed E-state index contributed by atoms with van der Waals surface area (Å²) in [6, 6.07) is 5.18. The van der Waals surface area contributed by atoms with Crippen LogP contribution < -0.4 is 5.32 Å². The zero-order valence-electron chi connectivity index (χ0n) is 9.21. The van der Waals surface area contributed by atoms with Crippen molar-refractivity contribution in [2.45, 2.75) is 0 Å². The van der Waals surface area contributed by atoms with E-state index in [1.54, 1.807) is 7.05 Å². The Kier molecular flexibility index (Phi) is 4.06. The SMILES string of the molecule is C#CCN(C)C(=O)Nc1ccc([N+](=O)[O-])cc1. The number of carbonyl (C=O) groups excluding carboxylic acids is 1. The molecule has 1 rings (SSSR count). The quantitative estimate of drug-likeness (QED) is 0.490. The van der Waals surface area contributed by atoms with Crippen LogP contribution in [-0.4, -0.2) is 29.4 Å². The van der Waals surface area contributed by atoms with Crippen LogP contribution in [0.1, 0.15) is 0 Å². The van der Waals surface area contributed by atoms with E-state index in [9.17, 15) is 14.9 Å². The van der Waals surface area contributed by atoms with E-state index in [0.29, 0.717) is 5.69 Å². The number of benzene rings is 1. The summed E-state index contributed by atoms with van der Waals surface area (Å²) in [6.07, 6.45) is 5.07. The lowest BCUT2D eigenvalue weighted by Crippen LogP contribution is -2.31. The molecule has 1 aromatic rings. The highest BCUT2D eigenvalue weighted by Gasteiger charge is 2.08. The van der Waals surface area contributed by atoms with Gasteiger partial charge in [0.15, 0.2) is 0 Å². The molecule has 0 saturated heterocycles. The molecule has 0 aromatic heterocycles. The molecule has 88 valence electrons. The predicted octanol–water partition coefficient (Wildman–Crippen LogP) is 1.69. The molecule has 0 spiro atoms. The average Bonchev–Trinajstić information content (AvgIpc) is 2.30. The first-order valence-electron chi connectivity index (χ1n) is 4.74. The van der Waals surface area contributed by atoms with E-state index < -0.39 is 4.92 Å². The number of anilines is 1. The minimum atomic E-state index is -0.504. The first kappa shape index (κ1) is 12.5. The molecule has 1 N–H and O–H groups in total. The van der Waals surface area contributed by atoms with Gasteiger partial charge in [-0.25, -0.2) is 4.79 Å². The van der Waals surface area contributed by atoms with E-state index in [1.165, 1.54) is 29.2 Å². The van der Waals surface area contributed by atoms with Crippen LogP contribution in [0.4, 0.5) is 16.2 Å². The van der Waals surface area contributed by atoms with Crippen molar-refractivity contribution >= 4 is 17.4 Å². The van der Waals surface area contributed by atoms with Crippen LogP contribution in [0.25, 0.3) is 0 Å². The second-order valence-corrected chi connectivity index (χ2v) is 3.29. The zero-order chi connectivity index (χ0) is 12.8. The van der Waals surface area contributed by atoms with E-state index in [1.807, 2.05) is 0 Å². The number of rotatable bonds is 3. The van der Waals surface area contributed by atoms with Gasteiger partial charge in [0.25, 0.3) is 5.69 Å². The average molecular weight is 233 g/mol. The largest absolute Gasteiger partial charge is 0.322 e. The molecule has 0 aliphatic heterocycles. The minimum Gasteiger partial charge on any atom is -0.316 e. The van der Waals surface area contributed by atoms with Crippen LogP contribution in [0.2, 0.25) is 0 Å². The zero-order valence-corrected chi connectivity index (χ0v) is 9.21. The fourth-order valence-electron chi connectivity index (χ4n) is 1.09. The summed E-state index contributed by atoms with van der Waals surface area (Å²) in [5.74, 6) is 2.33. The topological polar surface area (TPSA) is 75.5 Å². The highest BCUT2D eigenvalue weighted by atomic mass is 16.6. The second-order valence-electron chi connectivity index (χ2n) is 3.29. The number of non-ortho nitro benzene ring substituents is 1. The number of nitro benzene ring substituents is 1. The molecule has 17 heavy (non-hydrogen) atoms. The molecule has 2 amide bonds. The molecule has 0 aliphatic rings. The van der Waals surface area contributed by atoms with Crippen LogP contribution in [0.3, 0.4) is 0 Å². The van der Waals surface area contributed by atoms with Crippen LogP contribution in [0, 0.1) is 22.5 Å². The molecule has 0 aliphatic carbocycles. The summed E-state index contributed by atoms with van der Waals surface area (Å²) < 4.78 is 0. The molecule has 0 heterocycles. The van der Waals surface area contributed by atoms with Crippen LogP contribution in [-0.2, 0) is 0 Å². The van der Waals surface area contributed by atoms with Gasteiger partial charge in [0.05, 0.1) is 11.5 Å². The Morgan fingerprint density at radius 2 is 2.12 bits per heavy atom. The van der Waals surface area contributed by atoms with Crippen LogP contribution in [0.15, 0.2) is 24.3 Å². The van der Waals surface area contributed by atoms with Crippen molar-refractivity contribution in [1.29, 1.82) is 0 Å². The van der Waals surface area contributed by atoms with E-state index in [2.05, 4.69) is 11.2 Å². The number of hydrogen-bond acceptors (Lipinski definition) is 3. The maximum Gasteiger partial charge on any atom is 0.322 e. The van der Waals surface area contributed by atoms with Gasteiger partial charge >= 0.3 is 6.03 Å². The number of carbonyl (C=O) groups is 1. The number of urea groups is 1. The fraction of sp³-hybridized carbons (Fsp3) is 0.182. The van der Waals surface area contributed by atoms with Gasteiger partial charge in [-0.1, -0.05) is 5.92 Å². The Morgan fingerprint density at radius 1 is 1.53 bits per heavy atom. The lowest BCUT2D eigenvalue weighted by Gasteiger charge is -2.14. The van der Waals surface area contributed by atoms with E-state index in [4.69, 9.17) is 6.42 Å². The molecule has 0 radical (unpaired) electrons. The Bertz CT molecular complexity index is 462. The molecule has 6 heteroatoms. The van der Waals surface area contributed by atoms with Crippen molar-refractivity contribution in [3.63, 3.8) is 0 Å². The van der Waals surface area contributed by atoms with Crippen molar-refractivity contribution in [2.24, 2.45) is 0 Å². The molecule has 0 unspecified atom stereocenters. The molecular formula is C11H11N3O3. The lowest BCUT2D eigenvalue weighted by atomic mass is 10.3. The van der Waals surface area contributed by atoms with Gasteiger partial charge < -0.3 is 10.2 Å². The Labute approximate surface area is 98.4 Å². The molecule has 0 saturated carbocycles. The smallest absolute Gasteiger partial charge is 0.316 e. The third kappa shape index (κ3) is 3.50. The second kappa shape index (κ2) is 5.51. The van der Waals surface area contributed by atoms with E-state index in [0.717, 1.165) is 0 Å².